The first-order valence-electron chi connectivity index (χ1n) is 8.24. The Morgan fingerprint density at radius 2 is 1.85 bits per heavy atom. The number of hydrogen-bond donors (Lipinski definition) is 3. The topological polar surface area (TPSA) is 105 Å². The Bertz CT molecular complexity index is 647. The molecule has 7 nitrogen and oxygen atoms in total. The quantitative estimate of drug-likeness (QED) is 0.458. The number of ether oxygens (including phenoxy) is 1. The predicted molar refractivity (Wildman–Crippen MR) is 97.6 cm³/mol. The third kappa shape index (κ3) is 7.06. The average molecular weight is 362 g/mol. The van der Waals surface area contributed by atoms with Gasteiger partial charge in [0.15, 0.2) is 6.04 Å². The predicted octanol–water partition coefficient (Wildman–Crippen LogP) is 1.73. The summed E-state index contributed by atoms with van der Waals surface area (Å²) in [4.78, 5) is 35.2. The maximum Gasteiger partial charge on any atom is 0.328 e. The van der Waals surface area contributed by atoms with Crippen molar-refractivity contribution in [2.75, 3.05) is 13.2 Å². The zero-order valence-electron chi connectivity index (χ0n) is 15.4. The third-order valence-corrected chi connectivity index (χ3v) is 3.47. The minimum Gasteiger partial charge on any atom is -0.480 e. The molecule has 1 unspecified atom stereocenters. The van der Waals surface area contributed by atoms with E-state index < -0.39 is 23.3 Å². The number of carbonyl (C=O) groups excluding carboxylic acids is 2. The molecule has 0 aliphatic carbocycles. The number of rotatable bonds is 9. The number of aliphatic carboxylic acids is 1. The molecule has 0 spiro atoms. The number of benzene rings is 1. The second-order valence-electron chi connectivity index (χ2n) is 6.82. The van der Waals surface area contributed by atoms with Crippen LogP contribution >= 0.6 is 0 Å². The van der Waals surface area contributed by atoms with Crippen LogP contribution < -0.4 is 10.6 Å². The second kappa shape index (κ2) is 9.72. The molecule has 0 bridgehead atoms. The molecule has 0 saturated carbocycles. The molecule has 142 valence electrons. The molecular formula is C19H26N2O5. The third-order valence-electron chi connectivity index (χ3n) is 3.47. The van der Waals surface area contributed by atoms with Gasteiger partial charge in [0, 0.05) is 17.5 Å². The fourth-order valence-electron chi connectivity index (χ4n) is 1.91. The number of carboxylic acids is 1. The molecule has 26 heavy (non-hydrogen) atoms. The van der Waals surface area contributed by atoms with Gasteiger partial charge in [-0.2, -0.15) is 0 Å². The summed E-state index contributed by atoms with van der Waals surface area (Å²) in [6.07, 6.45) is 1.50. The van der Waals surface area contributed by atoms with Crippen molar-refractivity contribution in [3.05, 3.63) is 48.0 Å². The fourth-order valence-corrected chi connectivity index (χ4v) is 1.91. The van der Waals surface area contributed by atoms with Crippen LogP contribution in [-0.2, 0) is 20.9 Å². The van der Waals surface area contributed by atoms with Crippen molar-refractivity contribution in [2.24, 2.45) is 5.41 Å². The molecule has 0 fully saturated rings. The molecule has 3 N–H and O–H groups in total. The highest BCUT2D eigenvalue weighted by molar-refractivity contribution is 5.96. The van der Waals surface area contributed by atoms with Gasteiger partial charge in [0.05, 0.1) is 13.2 Å². The Balaban J connectivity index is 2.63. The van der Waals surface area contributed by atoms with E-state index >= 15 is 0 Å². The van der Waals surface area contributed by atoms with Crippen LogP contribution in [0.5, 0.6) is 0 Å². The van der Waals surface area contributed by atoms with Crippen LogP contribution in [0.1, 0.15) is 36.7 Å². The number of amides is 2. The summed E-state index contributed by atoms with van der Waals surface area (Å²) in [6, 6.07) is 5.44. The summed E-state index contributed by atoms with van der Waals surface area (Å²) >= 11 is 0. The minimum atomic E-state index is -1.18. The van der Waals surface area contributed by atoms with Crippen LogP contribution in [0, 0.1) is 5.41 Å². The summed E-state index contributed by atoms with van der Waals surface area (Å²) in [5, 5.41) is 14.4. The van der Waals surface area contributed by atoms with Gasteiger partial charge in [-0.15, -0.1) is 6.58 Å². The molecular weight excluding hydrogens is 336 g/mol. The van der Waals surface area contributed by atoms with Crippen molar-refractivity contribution >= 4 is 17.8 Å². The Kier molecular flexibility index (Phi) is 7.99. The summed E-state index contributed by atoms with van der Waals surface area (Å²) in [5.74, 6) is -1.75. The highest BCUT2D eigenvalue weighted by Gasteiger charge is 2.22. The van der Waals surface area contributed by atoms with Crippen LogP contribution in [0.15, 0.2) is 36.9 Å². The van der Waals surface area contributed by atoms with Crippen molar-refractivity contribution in [3.63, 3.8) is 0 Å². The number of carbonyl (C=O) groups is 3. The second-order valence-corrected chi connectivity index (χ2v) is 6.82. The van der Waals surface area contributed by atoms with Gasteiger partial charge in [0.25, 0.3) is 5.91 Å². The van der Waals surface area contributed by atoms with Gasteiger partial charge in [0.1, 0.15) is 0 Å². The Hall–Kier alpha value is -2.67. The van der Waals surface area contributed by atoms with Gasteiger partial charge in [-0.3, -0.25) is 9.59 Å². The maximum atomic E-state index is 12.2. The molecule has 0 aromatic heterocycles. The van der Waals surface area contributed by atoms with Crippen molar-refractivity contribution in [1.29, 1.82) is 0 Å². The normalized spacial score (nSPS) is 12.1. The van der Waals surface area contributed by atoms with E-state index in [-0.39, 0.29) is 19.1 Å². The number of nitrogens with one attached hydrogen (secondary N) is 2. The molecule has 0 saturated heterocycles. The highest BCUT2D eigenvalue weighted by atomic mass is 16.5. The lowest BCUT2D eigenvalue weighted by Crippen LogP contribution is -2.44. The van der Waals surface area contributed by atoms with Crippen molar-refractivity contribution in [2.45, 2.75) is 33.4 Å². The molecule has 7 heteroatoms. The zero-order chi connectivity index (χ0) is 19.7. The molecule has 0 aliphatic rings. The lowest BCUT2D eigenvalue weighted by atomic mass is 9.95. The first-order chi connectivity index (χ1) is 12.1. The zero-order valence-corrected chi connectivity index (χ0v) is 15.4. The summed E-state index contributed by atoms with van der Waals surface area (Å²) in [7, 11) is 0. The van der Waals surface area contributed by atoms with Gasteiger partial charge in [-0.25, -0.2) is 4.79 Å². The van der Waals surface area contributed by atoms with E-state index in [9.17, 15) is 14.4 Å². The van der Waals surface area contributed by atoms with Gasteiger partial charge in [0.2, 0.25) is 5.91 Å². The molecule has 0 radical (unpaired) electrons. The highest BCUT2D eigenvalue weighted by Crippen LogP contribution is 2.13. The van der Waals surface area contributed by atoms with E-state index in [1.165, 1.54) is 6.08 Å². The van der Waals surface area contributed by atoms with E-state index in [1.807, 2.05) is 20.8 Å². The Morgan fingerprint density at radius 3 is 2.35 bits per heavy atom. The molecule has 0 heterocycles. The Morgan fingerprint density at radius 1 is 1.23 bits per heavy atom. The number of carboxylic acid groups (broad SMARTS) is 1. The lowest BCUT2D eigenvalue weighted by molar-refractivity contribution is -0.140. The van der Waals surface area contributed by atoms with E-state index in [1.54, 1.807) is 24.3 Å². The van der Waals surface area contributed by atoms with Gasteiger partial charge < -0.3 is 20.5 Å². The average Bonchev–Trinajstić information content (AvgIpc) is 2.58. The SMILES string of the molecule is C=CCOCC(NC(=O)c1ccc(CNC(=O)C(C)(C)C)cc1)C(=O)O. The van der Waals surface area contributed by atoms with Crippen LogP contribution in [0.2, 0.25) is 0 Å². The molecule has 0 aliphatic heterocycles. The van der Waals surface area contributed by atoms with Gasteiger partial charge in [-0.1, -0.05) is 39.0 Å². The first kappa shape index (κ1) is 21.4. The van der Waals surface area contributed by atoms with Crippen molar-refractivity contribution in [1.82, 2.24) is 10.6 Å². The molecule has 2 amide bonds. The summed E-state index contributed by atoms with van der Waals surface area (Å²) in [5.41, 5.74) is 0.688. The van der Waals surface area contributed by atoms with Crippen LogP contribution in [-0.4, -0.2) is 42.1 Å². The van der Waals surface area contributed by atoms with Crippen LogP contribution in [0.4, 0.5) is 0 Å². The van der Waals surface area contributed by atoms with Crippen molar-refractivity contribution < 1.29 is 24.2 Å². The standard InChI is InChI=1S/C19H26N2O5/c1-5-10-26-12-15(17(23)24)21-16(22)14-8-6-13(7-9-14)11-20-18(25)19(2,3)4/h5-9,15H,1,10-12H2,2-4H3,(H,20,25)(H,21,22)(H,23,24). The van der Waals surface area contributed by atoms with E-state index in [4.69, 9.17) is 9.84 Å². The lowest BCUT2D eigenvalue weighted by Gasteiger charge is -2.17. The van der Waals surface area contributed by atoms with Crippen LogP contribution in [0.3, 0.4) is 0 Å². The molecule has 1 atom stereocenters. The van der Waals surface area contributed by atoms with E-state index in [2.05, 4.69) is 17.2 Å². The van der Waals surface area contributed by atoms with E-state index in [0.29, 0.717) is 12.1 Å². The minimum absolute atomic E-state index is 0.0665. The molecule has 1 aromatic carbocycles. The van der Waals surface area contributed by atoms with E-state index in [0.717, 1.165) is 5.56 Å². The van der Waals surface area contributed by atoms with Crippen molar-refractivity contribution in [3.8, 4) is 0 Å². The first-order valence-corrected chi connectivity index (χ1v) is 8.24. The molecule has 1 aromatic rings. The Labute approximate surface area is 153 Å². The van der Waals surface area contributed by atoms with Crippen LogP contribution in [0.25, 0.3) is 0 Å². The fraction of sp³-hybridized carbons (Fsp3) is 0.421. The maximum absolute atomic E-state index is 12.2. The monoisotopic (exact) mass is 362 g/mol. The van der Waals surface area contributed by atoms with Gasteiger partial charge >= 0.3 is 5.97 Å². The molecule has 1 rings (SSSR count). The number of hydrogen-bond acceptors (Lipinski definition) is 4. The smallest absolute Gasteiger partial charge is 0.328 e. The summed E-state index contributed by atoms with van der Waals surface area (Å²) in [6.45, 7) is 9.36. The van der Waals surface area contributed by atoms with Gasteiger partial charge in [-0.05, 0) is 17.7 Å². The largest absolute Gasteiger partial charge is 0.480 e. The summed E-state index contributed by atoms with van der Waals surface area (Å²) < 4.78 is 5.09.